The van der Waals surface area contributed by atoms with Crippen LogP contribution in [0.1, 0.15) is 140 Å². The van der Waals surface area contributed by atoms with E-state index in [0.29, 0.717) is 22.0 Å². The molecule has 0 aliphatic heterocycles. The van der Waals surface area contributed by atoms with Crippen LogP contribution >= 0.6 is 11.8 Å². The van der Waals surface area contributed by atoms with Gasteiger partial charge in [-0.3, -0.25) is 95.9 Å². The third-order valence-electron chi connectivity index (χ3n) is 21.2. The molecule has 4 aromatic rings. The number of H-pyrrole nitrogens is 1. The van der Waals surface area contributed by atoms with Crippen LogP contribution in [-0.4, -0.2) is 299 Å². The summed E-state index contributed by atoms with van der Waals surface area (Å²) in [4.78, 5) is 289. The monoisotopic (exact) mass is 1920 g/mol. The average Bonchev–Trinajstić information content (AvgIpc) is 1.68. The number of para-hydroxylation sites is 1. The van der Waals surface area contributed by atoms with E-state index in [1.807, 2.05) is 10.6 Å². The van der Waals surface area contributed by atoms with E-state index in [0.717, 1.165) is 12.1 Å². The van der Waals surface area contributed by atoms with Gasteiger partial charge in [-0.1, -0.05) is 80.9 Å². The number of rotatable bonds is 64. The minimum atomic E-state index is -2.21. The lowest BCUT2D eigenvalue weighted by atomic mass is 9.96. The number of nitrogens with two attached hydrogens (primary N) is 5. The number of aromatic amines is 1. The zero-order chi connectivity index (χ0) is 101. The van der Waals surface area contributed by atoms with Gasteiger partial charge in [-0.15, -0.1) is 0 Å². The summed E-state index contributed by atoms with van der Waals surface area (Å²) in [6.07, 6.45) is -7.57. The zero-order valence-electron chi connectivity index (χ0n) is 74.6. The molecule has 1 heterocycles. The van der Waals surface area contributed by atoms with E-state index in [1.165, 1.54) is 37.7 Å². The number of hydrogen-bond acceptors (Lipinski definition) is 28. The second kappa shape index (κ2) is 58.1. The number of carboxylic acid groups (broad SMARTS) is 4. The molecule has 0 radical (unpaired) electrons. The number of primary amides is 3. The molecule has 4 rings (SSSR count). The third-order valence-corrected chi connectivity index (χ3v) is 21.9. The van der Waals surface area contributed by atoms with E-state index in [-0.39, 0.29) is 68.6 Å². The summed E-state index contributed by atoms with van der Waals surface area (Å²) in [6.45, 7) is 2.01. The molecule has 49 nitrogen and oxygen atoms in total. The minimum absolute atomic E-state index is 0.0192. The van der Waals surface area contributed by atoms with E-state index in [2.05, 4.69) is 68.8 Å². The normalized spacial score (nSPS) is 14.9. The first-order valence-electron chi connectivity index (χ1n) is 43.0. The van der Waals surface area contributed by atoms with Crippen molar-refractivity contribution in [3.8, 4) is 5.75 Å². The minimum Gasteiger partial charge on any atom is -0.508 e. The number of phenolic OH excluding ortho intramolecular Hbond substituents is 1. The number of aliphatic carboxylic acids is 4. The van der Waals surface area contributed by atoms with Gasteiger partial charge in [-0.2, -0.15) is 11.8 Å². The van der Waals surface area contributed by atoms with Gasteiger partial charge in [-0.05, 0) is 124 Å². The van der Waals surface area contributed by atoms with Crippen LogP contribution in [0.5, 0.6) is 5.75 Å². The van der Waals surface area contributed by atoms with E-state index < -0.39 is 317 Å². The zero-order valence-corrected chi connectivity index (χ0v) is 75.4. The van der Waals surface area contributed by atoms with Crippen molar-refractivity contribution in [1.82, 2.24) is 79.4 Å². The third kappa shape index (κ3) is 40.2. The molecule has 1 aromatic heterocycles. The summed E-state index contributed by atoms with van der Waals surface area (Å²) >= 11 is 1.22. The van der Waals surface area contributed by atoms with Gasteiger partial charge in [0.25, 0.3) is 0 Å². The van der Waals surface area contributed by atoms with Gasteiger partial charge < -0.3 is 149 Å². The maximum Gasteiger partial charge on any atom is 0.328 e. The van der Waals surface area contributed by atoms with Crippen LogP contribution < -0.4 is 103 Å². The Labute approximate surface area is 777 Å². The number of fused-ring (bicyclic) bond motifs is 1. The number of carbonyl (C=O) groups is 21. The molecule has 0 spiro atoms. The fraction of sp³-hybridized carbons (Fsp3) is 0.518. The predicted octanol–water partition coefficient (Wildman–Crippen LogP) is -7.61. The number of unbranched alkanes of at least 4 members (excludes halogenated alkanes) is 1. The Morgan fingerprint density at radius 3 is 1.13 bits per heavy atom. The Balaban J connectivity index is 1.69. The number of nitrogens with one attached hydrogen (secondary N) is 15. The van der Waals surface area contributed by atoms with Crippen molar-refractivity contribution in [3.63, 3.8) is 0 Å². The standard InChI is InChI=1S/C85H122N20O29S/c1-5-42(2)70(105-81(129)59(37-46-39-91-49-16-10-9-15-48(46)49)100-77(125)56(32-34-135-4)98-74(122)52(23-28-64(88)111)94-73(121)53(24-29-65(89)112)96-78(126)58(35-44-13-7-6-8-14-44)102-83(131)69(90)43(3)108)84(132)103-61(40-106)82(130)92-50(17-11-12-33-86)71(119)93-51(22-27-63(87)110)72(120)95-54(25-30-66(113)114)75(123)99-57(36-45-18-20-47(109)21-19-45)79(127)101-60(38-68(117)118)80(128)97-55(26-31-67(115)116)76(124)104-62(41-107)85(133)134/h6-10,13-16,18-21,39,42-43,50-62,69-70,91,106-109H,5,11-12,17,22-38,40-41,86,90H2,1-4H3,(H2,87,110)(H2,88,111)(H2,89,112)(H,92,130)(H,93,119)(H,94,121)(H,95,120)(H,96,126)(H,97,128)(H,98,122)(H,99,123)(H,100,125)(H,101,127)(H,102,131)(H,103,132)(H,104,124)(H,105,129)(H,113,114)(H,115,116)(H,117,118)(H,133,134)/t42-,43+,50-,51-,52-,53-,54-,55-,56-,57-,58-,59-,60-,61-,62-,69-,70-/m0/s1. The van der Waals surface area contributed by atoms with Crippen molar-refractivity contribution in [3.05, 3.63) is 102 Å². The van der Waals surface area contributed by atoms with E-state index in [4.69, 9.17) is 28.7 Å². The van der Waals surface area contributed by atoms with Gasteiger partial charge in [0.2, 0.25) is 100 Å². The summed E-state index contributed by atoms with van der Waals surface area (Å²) in [6, 6.07) is -7.29. The molecule has 3 aromatic carbocycles. The smallest absolute Gasteiger partial charge is 0.328 e. The number of benzene rings is 3. The van der Waals surface area contributed by atoms with Crippen LogP contribution in [0, 0.1) is 5.92 Å². The van der Waals surface area contributed by atoms with Crippen molar-refractivity contribution >= 4 is 147 Å². The largest absolute Gasteiger partial charge is 0.508 e. The maximum atomic E-state index is 15.2. The molecule has 135 heavy (non-hydrogen) atoms. The molecule has 742 valence electrons. The van der Waals surface area contributed by atoms with Gasteiger partial charge in [0.1, 0.15) is 96.4 Å². The molecule has 0 unspecified atom stereocenters. The van der Waals surface area contributed by atoms with E-state index in [1.54, 1.807) is 74.0 Å². The fourth-order valence-electron chi connectivity index (χ4n) is 13.3. The molecule has 0 saturated carbocycles. The molecular weight excluding hydrogens is 1800 g/mol. The summed E-state index contributed by atoms with van der Waals surface area (Å²) in [7, 11) is 0. The van der Waals surface area contributed by atoms with E-state index in [9.17, 15) is 137 Å². The lowest BCUT2D eigenvalue weighted by molar-refractivity contribution is -0.144. The molecule has 0 saturated heterocycles. The number of carbonyl (C=O) groups excluding carboxylic acids is 17. The Hall–Kier alpha value is -14.0. The molecule has 0 aliphatic rings. The highest BCUT2D eigenvalue weighted by Crippen LogP contribution is 2.22. The summed E-state index contributed by atoms with van der Waals surface area (Å²) in [5.41, 5.74) is 29.9. The Morgan fingerprint density at radius 2 is 0.733 bits per heavy atom. The number of carboxylic acids is 4. The highest BCUT2D eigenvalue weighted by Gasteiger charge is 2.41. The van der Waals surface area contributed by atoms with Gasteiger partial charge in [0.05, 0.1) is 25.7 Å². The number of aliphatic hydroxyl groups is 3. The number of amides is 17. The summed E-state index contributed by atoms with van der Waals surface area (Å²) < 4.78 is 0. The van der Waals surface area contributed by atoms with Crippen LogP contribution in [0.4, 0.5) is 0 Å². The van der Waals surface area contributed by atoms with Crippen molar-refractivity contribution in [2.24, 2.45) is 34.6 Å². The highest BCUT2D eigenvalue weighted by molar-refractivity contribution is 7.98. The number of aromatic hydroxyl groups is 1. The van der Waals surface area contributed by atoms with Crippen LogP contribution in [0.25, 0.3) is 10.9 Å². The lowest BCUT2D eigenvalue weighted by Crippen LogP contribution is -2.62. The number of aliphatic hydroxyl groups excluding tert-OH is 3. The maximum absolute atomic E-state index is 15.2. The Bertz CT molecular complexity index is 4780. The van der Waals surface area contributed by atoms with Crippen molar-refractivity contribution in [2.75, 3.05) is 31.8 Å². The molecular formula is C85H122N20O29S. The second-order valence-electron chi connectivity index (χ2n) is 31.8. The number of hydrogen-bond donors (Lipinski definition) is 28. The first kappa shape index (κ1) is 113. The Kier molecular flexibility index (Phi) is 48.8. The second-order valence-corrected chi connectivity index (χ2v) is 32.8. The molecule has 17 amide bonds. The average molecular weight is 1920 g/mol. The molecule has 0 aliphatic carbocycles. The first-order valence-corrected chi connectivity index (χ1v) is 44.4. The summed E-state index contributed by atoms with van der Waals surface area (Å²) in [5, 5.41) is 113. The van der Waals surface area contributed by atoms with Crippen molar-refractivity contribution < 1.29 is 142 Å². The number of phenols is 1. The van der Waals surface area contributed by atoms with Crippen molar-refractivity contribution in [1.29, 1.82) is 0 Å². The van der Waals surface area contributed by atoms with Gasteiger partial charge >= 0.3 is 23.9 Å². The summed E-state index contributed by atoms with van der Waals surface area (Å²) in [5.74, 6) is -27.4. The van der Waals surface area contributed by atoms with E-state index >= 15 is 4.79 Å². The topological polar surface area (TPSA) is 835 Å². The lowest BCUT2D eigenvalue weighted by Gasteiger charge is -2.30. The van der Waals surface area contributed by atoms with Crippen LogP contribution in [0.15, 0.2) is 85.1 Å². The highest BCUT2D eigenvalue weighted by atomic mass is 32.2. The van der Waals surface area contributed by atoms with Gasteiger partial charge in [0, 0.05) is 68.5 Å². The first-order chi connectivity index (χ1) is 63.8. The van der Waals surface area contributed by atoms with Gasteiger partial charge in [0.15, 0.2) is 0 Å². The fourth-order valence-corrected chi connectivity index (χ4v) is 13.8. The molecule has 50 heteroatoms. The van der Waals surface area contributed by atoms with Crippen LogP contribution in [-0.2, 0) is 120 Å². The molecule has 17 atom stereocenters. The quantitative estimate of drug-likeness (QED) is 0.0183. The van der Waals surface area contributed by atoms with Gasteiger partial charge in [-0.25, -0.2) is 4.79 Å². The van der Waals surface area contributed by atoms with Crippen molar-refractivity contribution in [2.45, 2.75) is 239 Å². The SMILES string of the molecule is CC[C@H](C)[C@H](NC(=O)[C@H](Cc1c[nH]c2ccccc12)NC(=O)[C@H](CCSC)NC(=O)[C@H](CCC(N)=O)NC(=O)[C@H](CCC(N)=O)NC(=O)[C@H](Cc1ccccc1)NC(=O)[C@@H](N)[C@@H](C)O)C(=O)N[C@@H](CO)C(=O)N[C@@H](CCCCN)C(=O)N[C@@H](CCC(N)=O)C(=O)N[C@@H](CCC(=O)O)C(=O)N[C@@H](Cc1ccc(O)cc1)C(=O)N[C@@H](CC(=O)O)C(=O)N[C@@H](CCC(=O)O)C(=O)N[C@@H](CO)C(=O)O. The predicted molar refractivity (Wildman–Crippen MR) is 479 cm³/mol. The Morgan fingerprint density at radius 1 is 0.385 bits per heavy atom. The molecule has 33 N–H and O–H groups in total. The molecule has 0 bridgehead atoms. The number of thioether (sulfide) groups is 1. The molecule has 0 fully saturated rings. The van der Waals surface area contributed by atoms with Crippen LogP contribution in [0.3, 0.4) is 0 Å². The van der Waals surface area contributed by atoms with Crippen LogP contribution in [0.2, 0.25) is 0 Å². The number of aromatic nitrogens is 1.